The van der Waals surface area contributed by atoms with Gasteiger partial charge in [0.15, 0.2) is 11.5 Å². The molecule has 2 N–H and O–H groups in total. The van der Waals surface area contributed by atoms with Crippen molar-refractivity contribution in [2.24, 2.45) is 5.41 Å². The Labute approximate surface area is 211 Å². The number of imidazole rings is 2. The van der Waals surface area contributed by atoms with Crippen molar-refractivity contribution in [1.29, 1.82) is 0 Å². The molecule has 36 heavy (non-hydrogen) atoms. The largest absolute Gasteiger partial charge is 0.340 e. The minimum Gasteiger partial charge on any atom is -0.340 e. The second kappa shape index (κ2) is 10.7. The molecular weight excluding hydrogens is 450 g/mol. The number of aromatic nitrogens is 6. The number of carbonyl (C=O) groups is 1. The second-order valence-electron chi connectivity index (χ2n) is 9.85. The van der Waals surface area contributed by atoms with Crippen molar-refractivity contribution in [2.45, 2.75) is 53.5 Å². The third kappa shape index (κ3) is 5.76. The number of H-pyrrole nitrogens is 1. The van der Waals surface area contributed by atoms with Crippen molar-refractivity contribution in [2.75, 3.05) is 5.32 Å². The van der Waals surface area contributed by atoms with Gasteiger partial charge in [-0.25, -0.2) is 19.9 Å². The first-order chi connectivity index (χ1) is 17.2. The lowest BCUT2D eigenvalue weighted by molar-refractivity contribution is -0.112. The van der Waals surface area contributed by atoms with Gasteiger partial charge < -0.3 is 14.9 Å². The molecule has 0 fully saturated rings. The number of nitrogens with one attached hydrogen (secondary N) is 2. The van der Waals surface area contributed by atoms with E-state index < -0.39 is 0 Å². The summed E-state index contributed by atoms with van der Waals surface area (Å²) in [6.45, 7) is 10.8. The van der Waals surface area contributed by atoms with Crippen LogP contribution in [0, 0.1) is 5.41 Å². The zero-order chi connectivity index (χ0) is 25.7. The van der Waals surface area contributed by atoms with E-state index >= 15 is 0 Å². The minimum atomic E-state index is -0.262. The quantitative estimate of drug-likeness (QED) is 0.323. The average Bonchev–Trinajstić information content (AvgIpc) is 3.51. The molecule has 1 aliphatic carbocycles. The molecule has 0 saturated heterocycles. The fourth-order valence-electron chi connectivity index (χ4n) is 4.64. The predicted molar refractivity (Wildman–Crippen MR) is 143 cm³/mol. The minimum absolute atomic E-state index is 0.131. The Morgan fingerprint density at radius 2 is 2.03 bits per heavy atom. The Morgan fingerprint density at radius 1 is 1.19 bits per heavy atom. The predicted octanol–water partition coefficient (Wildman–Crippen LogP) is 5.87. The van der Waals surface area contributed by atoms with Crippen LogP contribution < -0.4 is 5.32 Å². The number of anilines is 1. The Bertz CT molecular complexity index is 1380. The molecule has 0 saturated carbocycles. The number of rotatable bonds is 7. The number of amides is 1. The molecule has 3 heterocycles. The van der Waals surface area contributed by atoms with Gasteiger partial charge in [-0.1, -0.05) is 49.8 Å². The number of hydrogen-bond acceptors (Lipinski definition) is 5. The molecule has 3 aromatic rings. The maximum atomic E-state index is 12.4. The van der Waals surface area contributed by atoms with Gasteiger partial charge in [-0.15, -0.1) is 0 Å². The van der Waals surface area contributed by atoms with Gasteiger partial charge >= 0.3 is 0 Å². The van der Waals surface area contributed by atoms with Gasteiger partial charge in [-0.05, 0) is 55.7 Å². The maximum Gasteiger partial charge on any atom is 0.249 e. The molecule has 186 valence electrons. The third-order valence-corrected chi connectivity index (χ3v) is 6.64. The van der Waals surface area contributed by atoms with Crippen LogP contribution in [0.4, 0.5) is 5.82 Å². The van der Waals surface area contributed by atoms with E-state index in [4.69, 9.17) is 0 Å². The molecule has 1 amide bonds. The molecular formula is C28H33N7O. The normalized spacial score (nSPS) is 19.1. The van der Waals surface area contributed by atoms with Crippen LogP contribution in [0.2, 0.25) is 0 Å². The summed E-state index contributed by atoms with van der Waals surface area (Å²) in [5, 5.41) is 2.77. The Kier molecular flexibility index (Phi) is 7.43. The Morgan fingerprint density at radius 3 is 2.81 bits per heavy atom. The highest BCUT2D eigenvalue weighted by molar-refractivity contribution is 6.03. The fraction of sp³-hybridized carbons (Fsp3) is 0.321. The van der Waals surface area contributed by atoms with Crippen LogP contribution in [0.1, 0.15) is 53.5 Å². The third-order valence-electron chi connectivity index (χ3n) is 6.64. The summed E-state index contributed by atoms with van der Waals surface area (Å²) in [6.07, 6.45) is 22.8. The van der Waals surface area contributed by atoms with Crippen LogP contribution in [0.5, 0.6) is 0 Å². The fourth-order valence-corrected chi connectivity index (χ4v) is 4.64. The van der Waals surface area contributed by atoms with E-state index in [0.717, 1.165) is 24.0 Å². The number of nitrogens with zero attached hydrogens (tertiary/aromatic N) is 5. The molecule has 0 aromatic carbocycles. The molecule has 0 spiro atoms. The van der Waals surface area contributed by atoms with Gasteiger partial charge in [-0.2, -0.15) is 0 Å². The van der Waals surface area contributed by atoms with Crippen molar-refractivity contribution >= 4 is 22.9 Å². The first kappa shape index (κ1) is 25.0. The van der Waals surface area contributed by atoms with Crippen LogP contribution >= 0.6 is 0 Å². The molecule has 1 aliphatic rings. The molecule has 0 bridgehead atoms. The van der Waals surface area contributed by atoms with E-state index in [2.05, 4.69) is 74.7 Å². The van der Waals surface area contributed by atoms with Gasteiger partial charge in [0.05, 0.1) is 18.7 Å². The highest BCUT2D eigenvalue weighted by Gasteiger charge is 2.32. The zero-order valence-electron chi connectivity index (χ0n) is 21.5. The maximum absolute atomic E-state index is 12.4. The number of carbonyl (C=O) groups excluding carboxylic acids is 1. The van der Waals surface area contributed by atoms with Crippen molar-refractivity contribution < 1.29 is 4.79 Å². The lowest BCUT2D eigenvalue weighted by Gasteiger charge is -2.37. The van der Waals surface area contributed by atoms with Crippen molar-refractivity contribution in [1.82, 2.24) is 29.5 Å². The SMILES string of the molecule is CC(C=CC1=C(C)C(n2ccnc2)CCC1(C)C)=CC=CC(C)=CC(=O)Nc1ncnc2nc[nH]c12. The molecule has 1 unspecified atom stereocenters. The number of allylic oxidation sites excluding steroid dienone is 9. The standard InChI is InChI=1S/C28H33N7O/c1-19(9-10-22-21(3)23(11-12-28(22,4)5)35-14-13-29-18-35)7-6-8-20(2)15-24(36)34-27-25-26(31-16-30-25)32-17-33-27/h6-10,13-18,23H,11-12H2,1-5H3,(H2,30,31,32,33,34,36). The topological polar surface area (TPSA) is 101 Å². The summed E-state index contributed by atoms with van der Waals surface area (Å²) in [6, 6.07) is 0.356. The van der Waals surface area contributed by atoms with Crippen LogP contribution in [-0.4, -0.2) is 35.4 Å². The number of fused-ring (bicyclic) bond motifs is 1. The van der Waals surface area contributed by atoms with E-state index in [1.165, 1.54) is 29.9 Å². The monoisotopic (exact) mass is 483 g/mol. The highest BCUT2D eigenvalue weighted by Crippen LogP contribution is 2.45. The Hall–Kier alpha value is -4.07. The van der Waals surface area contributed by atoms with Gasteiger partial charge in [0.1, 0.15) is 11.8 Å². The molecule has 3 aromatic heterocycles. The molecule has 8 heteroatoms. The lowest BCUT2D eigenvalue weighted by Crippen LogP contribution is -2.25. The van der Waals surface area contributed by atoms with E-state index in [0.29, 0.717) is 23.0 Å². The van der Waals surface area contributed by atoms with Gasteiger partial charge in [0.2, 0.25) is 5.91 Å². The van der Waals surface area contributed by atoms with Crippen LogP contribution in [0.25, 0.3) is 11.2 Å². The zero-order valence-corrected chi connectivity index (χ0v) is 21.5. The second-order valence-corrected chi connectivity index (χ2v) is 9.85. The molecule has 4 rings (SSSR count). The molecule has 8 nitrogen and oxygen atoms in total. The first-order valence-corrected chi connectivity index (χ1v) is 12.1. The summed E-state index contributed by atoms with van der Waals surface area (Å²) < 4.78 is 2.21. The van der Waals surface area contributed by atoms with E-state index in [1.54, 1.807) is 0 Å². The smallest absolute Gasteiger partial charge is 0.249 e. The van der Waals surface area contributed by atoms with Crippen LogP contribution in [0.3, 0.4) is 0 Å². The van der Waals surface area contributed by atoms with E-state index in [1.807, 2.05) is 43.9 Å². The lowest BCUT2D eigenvalue weighted by atomic mass is 9.71. The van der Waals surface area contributed by atoms with Crippen molar-refractivity contribution in [3.8, 4) is 0 Å². The number of hydrogen-bond donors (Lipinski definition) is 2. The molecule has 0 aliphatic heterocycles. The average molecular weight is 484 g/mol. The Balaban J connectivity index is 1.41. The van der Waals surface area contributed by atoms with Crippen molar-refractivity contribution in [3.63, 3.8) is 0 Å². The van der Waals surface area contributed by atoms with Crippen LogP contribution in [0.15, 0.2) is 90.1 Å². The number of aromatic amines is 1. The summed E-state index contributed by atoms with van der Waals surface area (Å²) in [5.41, 5.74) is 5.97. The first-order valence-electron chi connectivity index (χ1n) is 12.1. The highest BCUT2D eigenvalue weighted by atomic mass is 16.1. The summed E-state index contributed by atoms with van der Waals surface area (Å²) in [7, 11) is 0. The van der Waals surface area contributed by atoms with Gasteiger partial charge in [0.25, 0.3) is 0 Å². The van der Waals surface area contributed by atoms with Crippen LogP contribution in [-0.2, 0) is 4.79 Å². The van der Waals surface area contributed by atoms with Gasteiger partial charge in [0, 0.05) is 18.5 Å². The summed E-state index contributed by atoms with van der Waals surface area (Å²) in [4.78, 5) is 31.8. The molecule has 0 radical (unpaired) electrons. The van der Waals surface area contributed by atoms with Crippen molar-refractivity contribution in [3.05, 3.63) is 90.1 Å². The summed E-state index contributed by atoms with van der Waals surface area (Å²) in [5.74, 6) is 0.142. The summed E-state index contributed by atoms with van der Waals surface area (Å²) >= 11 is 0. The van der Waals surface area contributed by atoms with E-state index in [9.17, 15) is 4.79 Å². The molecule has 1 atom stereocenters. The van der Waals surface area contributed by atoms with Gasteiger partial charge in [-0.3, -0.25) is 4.79 Å². The van der Waals surface area contributed by atoms with E-state index in [-0.39, 0.29) is 11.3 Å².